The highest BCUT2D eigenvalue weighted by Crippen LogP contribution is 2.70. The van der Waals surface area contributed by atoms with Crippen molar-refractivity contribution in [2.24, 2.45) is 0 Å². The maximum absolute atomic E-state index is 13.5. The van der Waals surface area contributed by atoms with Gasteiger partial charge in [-0.15, -0.1) is 23.2 Å². The molecule has 2 aromatic rings. The van der Waals surface area contributed by atoms with Crippen LogP contribution in [0.2, 0.25) is 10.0 Å². The number of rotatable bonds is 3. The zero-order valence-corrected chi connectivity index (χ0v) is 14.4. The van der Waals surface area contributed by atoms with Crippen molar-refractivity contribution < 1.29 is 9.13 Å². The molecule has 1 aliphatic carbocycles. The Morgan fingerprint density at radius 1 is 0.955 bits per heavy atom. The summed E-state index contributed by atoms with van der Waals surface area (Å²) in [5.41, 5.74) is 1.70. The van der Waals surface area contributed by atoms with E-state index < -0.39 is 10.2 Å². The van der Waals surface area contributed by atoms with Crippen LogP contribution in [0, 0.1) is 5.82 Å². The molecule has 6 heteroatoms. The van der Waals surface area contributed by atoms with Crippen LogP contribution in [0.4, 0.5) is 4.39 Å². The molecule has 0 aromatic heterocycles. The van der Waals surface area contributed by atoms with Gasteiger partial charge in [-0.1, -0.05) is 35.3 Å². The summed E-state index contributed by atoms with van der Waals surface area (Å²) >= 11 is 24.5. The highest BCUT2D eigenvalue weighted by molar-refractivity contribution is 6.52. The van der Waals surface area contributed by atoms with Crippen LogP contribution in [0.5, 0.6) is 5.75 Å². The number of hydrogen-bond acceptors (Lipinski definition) is 1. The number of halogens is 5. The van der Waals surface area contributed by atoms with E-state index in [-0.39, 0.29) is 21.9 Å². The van der Waals surface area contributed by atoms with Crippen molar-refractivity contribution in [2.45, 2.75) is 16.2 Å². The second-order valence-corrected chi connectivity index (χ2v) is 7.46. The molecule has 0 saturated heterocycles. The average Bonchev–Trinajstić information content (AvgIpc) is 3.07. The highest BCUT2D eigenvalue weighted by Gasteiger charge is 2.64. The van der Waals surface area contributed by atoms with E-state index in [2.05, 4.69) is 0 Å². The molecular formula is C16H11Cl4FO. The molecule has 1 aliphatic rings. The van der Waals surface area contributed by atoms with E-state index in [4.69, 9.17) is 51.1 Å². The predicted octanol–water partition coefficient (Wildman–Crippen LogP) is 6.20. The molecule has 0 N–H and O–H groups in total. The Morgan fingerprint density at radius 2 is 1.45 bits per heavy atom. The molecule has 2 atom stereocenters. The van der Waals surface area contributed by atoms with E-state index in [1.165, 1.54) is 12.1 Å². The molecule has 0 aliphatic heterocycles. The molecule has 1 nitrogen and oxygen atoms in total. The molecule has 0 heterocycles. The lowest BCUT2D eigenvalue weighted by atomic mass is 10.0. The van der Waals surface area contributed by atoms with Crippen LogP contribution in [0.25, 0.3) is 0 Å². The van der Waals surface area contributed by atoms with Gasteiger partial charge in [-0.3, -0.25) is 0 Å². The Hall–Kier alpha value is -0.670. The standard InChI is InChI=1S/C16H11Cl4FO/c1-22-10-4-2-8(3-5-10)13-14(16(13,19)20)9-6-11(17)15(21)12(18)7-9/h2-7,13-14H,1H3/t13-,14-/m1/s1. The molecule has 0 amide bonds. The van der Waals surface area contributed by atoms with Crippen molar-refractivity contribution in [1.29, 1.82) is 0 Å². The first-order valence-corrected chi connectivity index (χ1v) is 8.03. The zero-order valence-electron chi connectivity index (χ0n) is 11.4. The van der Waals surface area contributed by atoms with E-state index in [9.17, 15) is 4.39 Å². The van der Waals surface area contributed by atoms with Gasteiger partial charge in [-0.05, 0) is 35.4 Å². The van der Waals surface area contributed by atoms with Crippen molar-refractivity contribution in [3.05, 3.63) is 63.4 Å². The lowest BCUT2D eigenvalue weighted by molar-refractivity contribution is 0.414. The fraction of sp³-hybridized carbons (Fsp3) is 0.250. The average molecular weight is 380 g/mol. The minimum Gasteiger partial charge on any atom is -0.497 e. The molecule has 0 unspecified atom stereocenters. The van der Waals surface area contributed by atoms with Crippen molar-refractivity contribution in [2.75, 3.05) is 7.11 Å². The van der Waals surface area contributed by atoms with Crippen LogP contribution in [-0.2, 0) is 0 Å². The SMILES string of the molecule is COc1ccc([C@@H]2[C@@H](c3cc(Cl)c(F)c(Cl)c3)C2(Cl)Cl)cc1. The van der Waals surface area contributed by atoms with Gasteiger partial charge in [0.2, 0.25) is 0 Å². The van der Waals surface area contributed by atoms with Crippen LogP contribution in [0.15, 0.2) is 36.4 Å². The van der Waals surface area contributed by atoms with Crippen LogP contribution >= 0.6 is 46.4 Å². The van der Waals surface area contributed by atoms with Gasteiger partial charge in [0.25, 0.3) is 0 Å². The Labute approximate surface area is 147 Å². The summed E-state index contributed by atoms with van der Waals surface area (Å²) in [4.78, 5) is 0. The lowest BCUT2D eigenvalue weighted by Crippen LogP contribution is -1.92. The Kier molecular flexibility index (Phi) is 4.24. The third-order valence-electron chi connectivity index (χ3n) is 3.89. The molecular weight excluding hydrogens is 369 g/mol. The molecule has 1 saturated carbocycles. The quantitative estimate of drug-likeness (QED) is 0.456. The molecule has 0 spiro atoms. The first-order valence-electron chi connectivity index (χ1n) is 6.52. The van der Waals surface area contributed by atoms with Gasteiger partial charge >= 0.3 is 0 Å². The van der Waals surface area contributed by atoms with Gasteiger partial charge in [0.1, 0.15) is 10.1 Å². The number of methoxy groups -OCH3 is 1. The Morgan fingerprint density at radius 3 is 1.95 bits per heavy atom. The van der Waals surface area contributed by atoms with Gasteiger partial charge in [-0.2, -0.15) is 0 Å². The lowest BCUT2D eigenvalue weighted by Gasteiger charge is -2.05. The normalized spacial score (nSPS) is 22.5. The fourth-order valence-corrected chi connectivity index (χ4v) is 4.11. The minimum atomic E-state index is -0.973. The van der Waals surface area contributed by atoms with E-state index >= 15 is 0 Å². The van der Waals surface area contributed by atoms with E-state index in [1.54, 1.807) is 7.11 Å². The third kappa shape index (κ3) is 2.67. The van der Waals surface area contributed by atoms with E-state index in [1.807, 2.05) is 24.3 Å². The van der Waals surface area contributed by atoms with Gasteiger partial charge in [0.05, 0.1) is 17.2 Å². The summed E-state index contributed by atoms with van der Waals surface area (Å²) in [6.45, 7) is 0. The summed E-state index contributed by atoms with van der Waals surface area (Å²) in [7, 11) is 1.60. The topological polar surface area (TPSA) is 9.23 Å². The van der Waals surface area contributed by atoms with Gasteiger partial charge in [0, 0.05) is 11.8 Å². The van der Waals surface area contributed by atoms with Crippen molar-refractivity contribution in [3.8, 4) is 5.75 Å². The largest absolute Gasteiger partial charge is 0.497 e. The van der Waals surface area contributed by atoms with Crippen LogP contribution in [0.1, 0.15) is 23.0 Å². The van der Waals surface area contributed by atoms with Crippen LogP contribution < -0.4 is 4.74 Å². The monoisotopic (exact) mass is 378 g/mol. The van der Waals surface area contributed by atoms with Crippen LogP contribution in [0.3, 0.4) is 0 Å². The Balaban J connectivity index is 1.95. The van der Waals surface area contributed by atoms with Gasteiger partial charge in [0.15, 0.2) is 5.82 Å². The molecule has 1 fully saturated rings. The summed E-state index contributed by atoms with van der Waals surface area (Å²) in [5, 5.41) is -0.0703. The zero-order chi connectivity index (χ0) is 16.1. The van der Waals surface area contributed by atoms with Gasteiger partial charge < -0.3 is 4.74 Å². The molecule has 2 aromatic carbocycles. The van der Waals surface area contributed by atoms with Gasteiger partial charge in [-0.25, -0.2) is 4.39 Å². The van der Waals surface area contributed by atoms with Crippen molar-refractivity contribution >= 4 is 46.4 Å². The van der Waals surface area contributed by atoms with E-state index in [0.29, 0.717) is 0 Å². The summed E-state index contributed by atoms with van der Waals surface area (Å²) in [5.74, 6) is -0.189. The maximum atomic E-state index is 13.5. The highest BCUT2D eigenvalue weighted by atomic mass is 35.5. The second-order valence-electron chi connectivity index (χ2n) is 5.20. The molecule has 0 bridgehead atoms. The predicted molar refractivity (Wildman–Crippen MR) is 89.3 cm³/mol. The third-order valence-corrected chi connectivity index (χ3v) is 5.38. The number of hydrogen-bond donors (Lipinski definition) is 0. The molecule has 116 valence electrons. The summed E-state index contributed by atoms with van der Waals surface area (Å²) in [6, 6.07) is 10.6. The number of alkyl halides is 2. The van der Waals surface area contributed by atoms with E-state index in [0.717, 1.165) is 16.9 Å². The first-order chi connectivity index (χ1) is 10.4. The number of ether oxygens (including phenoxy) is 1. The summed E-state index contributed by atoms with van der Waals surface area (Å²) in [6.07, 6.45) is 0. The smallest absolute Gasteiger partial charge is 0.160 e. The number of benzene rings is 2. The molecule has 0 radical (unpaired) electrons. The molecule has 3 rings (SSSR count). The van der Waals surface area contributed by atoms with Crippen LogP contribution in [-0.4, -0.2) is 11.4 Å². The first kappa shape index (κ1) is 16.2. The Bertz CT molecular complexity index is 692. The minimum absolute atomic E-state index is 0.0352. The summed E-state index contributed by atoms with van der Waals surface area (Å²) < 4.78 is 17.7. The maximum Gasteiger partial charge on any atom is 0.160 e. The van der Waals surface area contributed by atoms with Crippen molar-refractivity contribution in [3.63, 3.8) is 0 Å². The molecule has 22 heavy (non-hydrogen) atoms. The second kappa shape index (κ2) is 5.76. The van der Waals surface area contributed by atoms with Crippen molar-refractivity contribution in [1.82, 2.24) is 0 Å². The fourth-order valence-electron chi connectivity index (χ4n) is 2.72.